The summed E-state index contributed by atoms with van der Waals surface area (Å²) in [7, 11) is 1.68. The first-order chi connectivity index (χ1) is 18.1. The van der Waals surface area contributed by atoms with E-state index in [4.69, 9.17) is 9.47 Å². The highest BCUT2D eigenvalue weighted by Gasteiger charge is 2.40. The number of methoxy groups -OCH3 is 1. The third-order valence-electron chi connectivity index (χ3n) is 7.57. The molecule has 8 nitrogen and oxygen atoms in total. The summed E-state index contributed by atoms with van der Waals surface area (Å²) < 4.78 is 11.1. The molecular formula is C30H49N3O5. The number of hydrogen-bond acceptors (Lipinski definition) is 6. The number of rotatable bonds is 14. The Balaban J connectivity index is 1.69. The van der Waals surface area contributed by atoms with Gasteiger partial charge in [0.2, 0.25) is 11.8 Å². The Morgan fingerprint density at radius 1 is 1.13 bits per heavy atom. The number of hydrogen-bond donors (Lipinski definition) is 3. The number of anilines is 1. The fraction of sp³-hybridized carbons (Fsp3) is 0.733. The molecule has 1 heterocycles. The number of piperidine rings is 1. The van der Waals surface area contributed by atoms with E-state index < -0.39 is 6.10 Å². The molecule has 38 heavy (non-hydrogen) atoms. The van der Waals surface area contributed by atoms with Gasteiger partial charge in [-0.1, -0.05) is 33.8 Å². The Kier molecular flexibility index (Phi) is 11.4. The zero-order valence-corrected chi connectivity index (χ0v) is 24.2. The van der Waals surface area contributed by atoms with Crippen LogP contribution in [0.3, 0.4) is 0 Å². The van der Waals surface area contributed by atoms with Crippen LogP contribution in [-0.4, -0.2) is 68.5 Å². The molecule has 0 bridgehead atoms. The summed E-state index contributed by atoms with van der Waals surface area (Å²) in [5, 5.41) is 17.2. The van der Waals surface area contributed by atoms with Crippen molar-refractivity contribution in [3.8, 4) is 5.75 Å². The second kappa shape index (κ2) is 14.3. The summed E-state index contributed by atoms with van der Waals surface area (Å²) in [6, 6.07) is 5.88. The fourth-order valence-corrected chi connectivity index (χ4v) is 5.21. The van der Waals surface area contributed by atoms with Crippen molar-refractivity contribution in [3.63, 3.8) is 0 Å². The van der Waals surface area contributed by atoms with Gasteiger partial charge in [0, 0.05) is 51.0 Å². The van der Waals surface area contributed by atoms with Crippen LogP contribution < -0.4 is 20.3 Å². The average Bonchev–Trinajstić information content (AvgIpc) is 3.72. The van der Waals surface area contributed by atoms with Crippen molar-refractivity contribution < 1.29 is 24.2 Å². The third kappa shape index (κ3) is 8.42. The minimum atomic E-state index is -0.604. The summed E-state index contributed by atoms with van der Waals surface area (Å²) in [6.07, 6.45) is 3.38. The number of aliphatic hydroxyl groups excluding tert-OH is 1. The average molecular weight is 532 g/mol. The van der Waals surface area contributed by atoms with E-state index in [1.807, 2.05) is 43.9 Å². The number of nitrogens with one attached hydrogen (secondary N) is 2. The molecule has 3 rings (SSSR count). The van der Waals surface area contributed by atoms with E-state index in [0.29, 0.717) is 45.1 Å². The number of aryl methyl sites for hydroxylation is 1. The SMILES string of the molecule is COCCCOc1cc(N(C(=O)[C@H]2CNC[C@@H](C(=O)NC(CC(C)C)C(O)C(C)C)C2)C2CC2)ccc1C. The van der Waals surface area contributed by atoms with Gasteiger partial charge in [-0.15, -0.1) is 0 Å². The lowest BCUT2D eigenvalue weighted by Gasteiger charge is -2.35. The summed E-state index contributed by atoms with van der Waals surface area (Å²) in [4.78, 5) is 29.1. The highest BCUT2D eigenvalue weighted by atomic mass is 16.5. The largest absolute Gasteiger partial charge is 0.493 e. The molecule has 4 atom stereocenters. The number of aliphatic hydroxyl groups is 1. The van der Waals surface area contributed by atoms with Crippen LogP contribution in [0.2, 0.25) is 0 Å². The van der Waals surface area contributed by atoms with Gasteiger partial charge in [0.25, 0.3) is 0 Å². The van der Waals surface area contributed by atoms with E-state index in [1.54, 1.807) is 7.11 Å². The molecule has 214 valence electrons. The van der Waals surface area contributed by atoms with Crippen LogP contribution in [0.15, 0.2) is 18.2 Å². The lowest BCUT2D eigenvalue weighted by molar-refractivity contribution is -0.129. The molecule has 1 aliphatic heterocycles. The molecule has 1 saturated heterocycles. The number of amides is 2. The molecule has 0 spiro atoms. The van der Waals surface area contributed by atoms with E-state index in [-0.39, 0.29) is 41.7 Å². The van der Waals surface area contributed by atoms with Gasteiger partial charge in [0.15, 0.2) is 0 Å². The highest BCUT2D eigenvalue weighted by molar-refractivity contribution is 5.97. The van der Waals surface area contributed by atoms with E-state index >= 15 is 0 Å². The van der Waals surface area contributed by atoms with Crippen LogP contribution in [-0.2, 0) is 14.3 Å². The van der Waals surface area contributed by atoms with Gasteiger partial charge in [-0.3, -0.25) is 9.59 Å². The predicted octanol–water partition coefficient (Wildman–Crippen LogP) is 3.68. The minimum Gasteiger partial charge on any atom is -0.493 e. The topological polar surface area (TPSA) is 100 Å². The maximum absolute atomic E-state index is 13.9. The van der Waals surface area contributed by atoms with Crippen molar-refractivity contribution in [2.24, 2.45) is 23.7 Å². The van der Waals surface area contributed by atoms with E-state index in [0.717, 1.165) is 36.3 Å². The molecule has 1 aromatic rings. The molecule has 1 saturated carbocycles. The molecule has 1 aromatic carbocycles. The lowest BCUT2D eigenvalue weighted by atomic mass is 9.87. The molecule has 1 aliphatic carbocycles. The number of ether oxygens (including phenoxy) is 2. The first-order valence-electron chi connectivity index (χ1n) is 14.4. The van der Waals surface area contributed by atoms with Gasteiger partial charge in [0.1, 0.15) is 5.75 Å². The van der Waals surface area contributed by atoms with Crippen molar-refractivity contribution in [2.45, 2.75) is 84.9 Å². The smallest absolute Gasteiger partial charge is 0.231 e. The van der Waals surface area contributed by atoms with E-state index in [1.165, 1.54) is 0 Å². The molecule has 8 heteroatoms. The number of carbonyl (C=O) groups excluding carboxylic acids is 2. The van der Waals surface area contributed by atoms with Gasteiger partial charge in [0.05, 0.1) is 30.6 Å². The molecular weight excluding hydrogens is 482 g/mol. The third-order valence-corrected chi connectivity index (χ3v) is 7.57. The Morgan fingerprint density at radius 3 is 2.47 bits per heavy atom. The van der Waals surface area contributed by atoms with Gasteiger partial charge < -0.3 is 30.1 Å². The molecule has 2 unspecified atom stereocenters. The quantitative estimate of drug-likeness (QED) is 0.317. The monoisotopic (exact) mass is 531 g/mol. The van der Waals surface area contributed by atoms with Crippen molar-refractivity contribution in [1.29, 1.82) is 0 Å². The zero-order valence-electron chi connectivity index (χ0n) is 24.2. The Morgan fingerprint density at radius 2 is 1.84 bits per heavy atom. The first-order valence-corrected chi connectivity index (χ1v) is 14.4. The van der Waals surface area contributed by atoms with E-state index in [9.17, 15) is 14.7 Å². The number of benzene rings is 1. The van der Waals surface area contributed by atoms with Crippen LogP contribution in [0.4, 0.5) is 5.69 Å². The van der Waals surface area contributed by atoms with Crippen LogP contribution in [0, 0.1) is 30.6 Å². The van der Waals surface area contributed by atoms with Gasteiger partial charge in [-0.25, -0.2) is 0 Å². The maximum Gasteiger partial charge on any atom is 0.231 e. The van der Waals surface area contributed by atoms with Crippen LogP contribution >= 0.6 is 0 Å². The Hall–Kier alpha value is -2.16. The highest BCUT2D eigenvalue weighted by Crippen LogP contribution is 2.36. The molecule has 2 fully saturated rings. The molecule has 0 radical (unpaired) electrons. The van der Waals surface area contributed by atoms with Gasteiger partial charge in [-0.05, 0) is 56.1 Å². The van der Waals surface area contributed by atoms with Crippen molar-refractivity contribution in [2.75, 3.05) is 38.3 Å². The second-order valence-electron chi connectivity index (χ2n) is 11.9. The van der Waals surface area contributed by atoms with Gasteiger partial charge in [-0.2, -0.15) is 0 Å². The van der Waals surface area contributed by atoms with Crippen molar-refractivity contribution in [1.82, 2.24) is 10.6 Å². The van der Waals surface area contributed by atoms with E-state index in [2.05, 4.69) is 24.5 Å². The van der Waals surface area contributed by atoms with Crippen molar-refractivity contribution in [3.05, 3.63) is 23.8 Å². The summed E-state index contributed by atoms with van der Waals surface area (Å²) in [5.74, 6) is 0.566. The first kappa shape index (κ1) is 30.4. The summed E-state index contributed by atoms with van der Waals surface area (Å²) in [6.45, 7) is 12.4. The molecule has 0 aromatic heterocycles. The zero-order chi connectivity index (χ0) is 27.8. The summed E-state index contributed by atoms with van der Waals surface area (Å²) in [5.41, 5.74) is 1.89. The lowest BCUT2D eigenvalue weighted by Crippen LogP contribution is -2.53. The standard InChI is InChI=1S/C30H49N3O5/c1-19(2)14-26(28(34)20(3)4)32-29(35)22-15-23(18-31-17-22)30(36)33(24-10-11-24)25-9-8-21(5)27(16-25)38-13-7-12-37-6/h8-9,16,19-20,22-24,26,28,31,34H,7,10-15,17-18H2,1-6H3,(H,32,35)/t22-,23+,26?,28?/m0/s1. The van der Waals surface area contributed by atoms with Gasteiger partial charge >= 0.3 is 0 Å². The molecule has 2 amide bonds. The minimum absolute atomic E-state index is 0.0494. The molecule has 2 aliphatic rings. The van der Waals surface area contributed by atoms with Crippen LogP contribution in [0.1, 0.15) is 65.4 Å². The molecule has 3 N–H and O–H groups in total. The maximum atomic E-state index is 13.9. The van der Waals surface area contributed by atoms with Crippen LogP contribution in [0.5, 0.6) is 5.75 Å². The normalized spacial score (nSPS) is 21.3. The summed E-state index contributed by atoms with van der Waals surface area (Å²) >= 11 is 0. The number of nitrogens with zero attached hydrogens (tertiary/aromatic N) is 1. The van der Waals surface area contributed by atoms with Crippen molar-refractivity contribution >= 4 is 17.5 Å². The Bertz CT molecular complexity index is 917. The second-order valence-corrected chi connectivity index (χ2v) is 11.9. The number of carbonyl (C=O) groups is 2. The Labute approximate surface area is 228 Å². The van der Waals surface area contributed by atoms with Crippen LogP contribution in [0.25, 0.3) is 0 Å². The predicted molar refractivity (Wildman–Crippen MR) is 150 cm³/mol. The fourth-order valence-electron chi connectivity index (χ4n) is 5.21.